The molecule has 0 aliphatic heterocycles. The Morgan fingerprint density at radius 3 is 2.68 bits per heavy atom. The molecule has 0 unspecified atom stereocenters. The predicted octanol–water partition coefficient (Wildman–Crippen LogP) is 5.19. The van der Waals surface area contributed by atoms with Crippen molar-refractivity contribution in [3.63, 3.8) is 0 Å². The lowest BCUT2D eigenvalue weighted by molar-refractivity contribution is 0.446. The van der Waals surface area contributed by atoms with Crippen LogP contribution < -0.4 is 0 Å². The lowest BCUT2D eigenvalue weighted by atomic mass is 10.2. The minimum Gasteiger partial charge on any atom is -0.412 e. The van der Waals surface area contributed by atoms with Crippen molar-refractivity contribution in [1.29, 1.82) is 0 Å². The van der Waals surface area contributed by atoms with Gasteiger partial charge in [-0.3, -0.25) is 0 Å². The van der Waals surface area contributed by atoms with Crippen molar-refractivity contribution < 1.29 is 4.42 Å². The lowest BCUT2D eigenvalue weighted by Crippen LogP contribution is -1.80. The van der Waals surface area contributed by atoms with Gasteiger partial charge < -0.3 is 4.42 Å². The van der Waals surface area contributed by atoms with Crippen LogP contribution in [0.4, 0.5) is 0 Å². The summed E-state index contributed by atoms with van der Waals surface area (Å²) in [6.07, 6.45) is 3.75. The Hall–Kier alpha value is -2.04. The number of aromatic nitrogens is 2. The summed E-state index contributed by atoms with van der Waals surface area (Å²) in [5.41, 5.74) is 2.21. The van der Waals surface area contributed by atoms with Crippen molar-refractivity contribution in [3.05, 3.63) is 76.6 Å². The molecule has 22 heavy (non-hydrogen) atoms. The van der Waals surface area contributed by atoms with Crippen molar-refractivity contribution in [2.75, 3.05) is 0 Å². The second-order valence-electron chi connectivity index (χ2n) is 4.57. The van der Waals surface area contributed by atoms with Crippen LogP contribution >= 0.6 is 23.4 Å². The quantitative estimate of drug-likeness (QED) is 0.604. The van der Waals surface area contributed by atoms with Crippen LogP contribution in [-0.4, -0.2) is 10.2 Å². The van der Waals surface area contributed by atoms with E-state index in [2.05, 4.69) is 10.2 Å². The zero-order chi connectivity index (χ0) is 15.2. The summed E-state index contributed by atoms with van der Waals surface area (Å²) in [7, 11) is 0. The van der Waals surface area contributed by atoms with E-state index in [1.54, 1.807) is 0 Å². The molecule has 0 atom stereocenters. The van der Waals surface area contributed by atoms with Crippen molar-refractivity contribution in [3.8, 4) is 0 Å². The van der Waals surface area contributed by atoms with E-state index in [0.29, 0.717) is 11.1 Å². The molecule has 0 saturated carbocycles. The van der Waals surface area contributed by atoms with E-state index >= 15 is 0 Å². The minimum atomic E-state index is 0.498. The summed E-state index contributed by atoms with van der Waals surface area (Å²) < 4.78 is 5.58. The molecule has 0 amide bonds. The first-order valence-corrected chi connectivity index (χ1v) is 8.10. The van der Waals surface area contributed by atoms with Gasteiger partial charge in [0.2, 0.25) is 5.89 Å². The Kier molecular flexibility index (Phi) is 4.93. The Labute approximate surface area is 138 Å². The molecule has 110 valence electrons. The van der Waals surface area contributed by atoms with Gasteiger partial charge in [0.25, 0.3) is 5.22 Å². The van der Waals surface area contributed by atoms with Crippen LogP contribution in [0.1, 0.15) is 17.0 Å². The summed E-state index contributed by atoms with van der Waals surface area (Å²) in [5.74, 6) is 1.24. The normalized spacial score (nSPS) is 11.1. The largest absolute Gasteiger partial charge is 0.412 e. The molecule has 0 N–H and O–H groups in total. The van der Waals surface area contributed by atoms with E-state index in [9.17, 15) is 0 Å². The van der Waals surface area contributed by atoms with E-state index in [-0.39, 0.29) is 0 Å². The van der Waals surface area contributed by atoms with Gasteiger partial charge in [-0.25, -0.2) is 0 Å². The maximum atomic E-state index is 5.96. The number of hydrogen-bond donors (Lipinski definition) is 0. The molecule has 0 radical (unpaired) electrons. The van der Waals surface area contributed by atoms with Crippen molar-refractivity contribution >= 4 is 35.5 Å². The minimum absolute atomic E-state index is 0.498. The molecule has 0 saturated heterocycles. The Morgan fingerprint density at radius 2 is 1.86 bits per heavy atom. The van der Waals surface area contributed by atoms with Crippen molar-refractivity contribution in [2.24, 2.45) is 0 Å². The number of hydrogen-bond acceptors (Lipinski definition) is 4. The maximum absolute atomic E-state index is 5.96. The highest BCUT2D eigenvalue weighted by atomic mass is 35.5. The van der Waals surface area contributed by atoms with Gasteiger partial charge in [-0.05, 0) is 29.3 Å². The highest BCUT2D eigenvalue weighted by molar-refractivity contribution is 7.98. The van der Waals surface area contributed by atoms with Crippen LogP contribution in [0, 0.1) is 0 Å². The third-order valence-electron chi connectivity index (χ3n) is 2.89. The average molecular weight is 329 g/mol. The molecular formula is C17H13ClN2OS. The molecule has 0 aliphatic carbocycles. The molecule has 0 spiro atoms. The zero-order valence-electron chi connectivity index (χ0n) is 11.6. The van der Waals surface area contributed by atoms with Crippen molar-refractivity contribution in [1.82, 2.24) is 10.2 Å². The van der Waals surface area contributed by atoms with Gasteiger partial charge in [-0.15, -0.1) is 10.2 Å². The molecular weight excluding hydrogens is 316 g/mol. The maximum Gasteiger partial charge on any atom is 0.277 e. The molecule has 0 fully saturated rings. The van der Waals surface area contributed by atoms with Gasteiger partial charge in [0.1, 0.15) is 0 Å². The van der Waals surface area contributed by atoms with Gasteiger partial charge in [0, 0.05) is 16.9 Å². The van der Waals surface area contributed by atoms with Crippen LogP contribution in [-0.2, 0) is 5.75 Å². The smallest absolute Gasteiger partial charge is 0.277 e. The lowest BCUT2D eigenvalue weighted by Gasteiger charge is -1.98. The molecule has 2 aromatic carbocycles. The molecule has 0 bridgehead atoms. The van der Waals surface area contributed by atoms with Crippen LogP contribution in [0.5, 0.6) is 0 Å². The molecule has 3 rings (SSSR count). The molecule has 1 heterocycles. The average Bonchev–Trinajstić information content (AvgIpc) is 3.00. The van der Waals surface area contributed by atoms with Crippen LogP contribution in [0.25, 0.3) is 12.2 Å². The number of thioether (sulfide) groups is 1. The van der Waals surface area contributed by atoms with Crippen LogP contribution in [0.15, 0.2) is 64.2 Å². The highest BCUT2D eigenvalue weighted by Crippen LogP contribution is 2.23. The molecule has 3 aromatic rings. The van der Waals surface area contributed by atoms with Crippen LogP contribution in [0.3, 0.4) is 0 Å². The fraction of sp³-hybridized carbons (Fsp3) is 0.0588. The first kappa shape index (κ1) is 14.9. The predicted molar refractivity (Wildman–Crippen MR) is 90.7 cm³/mol. The molecule has 0 aliphatic rings. The molecule has 5 heteroatoms. The summed E-state index contributed by atoms with van der Waals surface area (Å²) >= 11 is 7.45. The number of halogens is 1. The second-order valence-corrected chi connectivity index (χ2v) is 5.93. The Morgan fingerprint density at radius 1 is 1.00 bits per heavy atom. The third-order valence-corrected chi connectivity index (χ3v) is 4.02. The Bertz CT molecular complexity index is 771. The second kappa shape index (κ2) is 7.29. The van der Waals surface area contributed by atoms with Gasteiger partial charge in [0.15, 0.2) is 0 Å². The number of rotatable bonds is 5. The summed E-state index contributed by atoms with van der Waals surface area (Å²) in [6.45, 7) is 0. The van der Waals surface area contributed by atoms with E-state index < -0.39 is 0 Å². The first-order chi connectivity index (χ1) is 10.8. The topological polar surface area (TPSA) is 38.9 Å². The van der Waals surface area contributed by atoms with Gasteiger partial charge >= 0.3 is 0 Å². The fourth-order valence-corrected chi connectivity index (χ4v) is 2.78. The zero-order valence-corrected chi connectivity index (χ0v) is 13.2. The number of benzene rings is 2. The van der Waals surface area contributed by atoms with Gasteiger partial charge in [-0.1, -0.05) is 65.8 Å². The van der Waals surface area contributed by atoms with Gasteiger partial charge in [-0.2, -0.15) is 0 Å². The SMILES string of the molecule is Clc1cccc(CSc2nnc(C=Cc3ccccc3)o2)c1. The van der Waals surface area contributed by atoms with E-state index in [4.69, 9.17) is 16.0 Å². The van der Waals surface area contributed by atoms with Crippen molar-refractivity contribution in [2.45, 2.75) is 11.0 Å². The summed E-state index contributed by atoms with van der Waals surface area (Å²) in [4.78, 5) is 0. The van der Waals surface area contributed by atoms with E-state index in [1.165, 1.54) is 11.8 Å². The molecule has 3 nitrogen and oxygen atoms in total. The summed E-state index contributed by atoms with van der Waals surface area (Å²) in [6, 6.07) is 17.7. The number of nitrogens with zero attached hydrogens (tertiary/aromatic N) is 2. The third kappa shape index (κ3) is 4.23. The highest BCUT2D eigenvalue weighted by Gasteiger charge is 2.05. The monoisotopic (exact) mass is 328 g/mol. The van der Waals surface area contributed by atoms with Gasteiger partial charge in [0.05, 0.1) is 0 Å². The van der Waals surface area contributed by atoms with Crippen LogP contribution in [0.2, 0.25) is 5.02 Å². The summed E-state index contributed by atoms with van der Waals surface area (Å²) in [5, 5.41) is 9.32. The van der Waals surface area contributed by atoms with E-state index in [0.717, 1.165) is 21.9 Å². The molecule has 1 aromatic heterocycles. The standard InChI is InChI=1S/C17H13ClN2OS/c18-15-8-4-7-14(11-15)12-22-17-20-19-16(21-17)10-9-13-5-2-1-3-6-13/h1-11H,12H2. The fourth-order valence-electron chi connectivity index (χ4n) is 1.85. The Balaban J connectivity index is 1.60. The van der Waals surface area contributed by atoms with E-state index in [1.807, 2.05) is 66.7 Å². The first-order valence-electron chi connectivity index (χ1n) is 6.73.